The highest BCUT2D eigenvalue weighted by Gasteiger charge is 2.06. The maximum Gasteiger partial charge on any atom is 0.241 e. The fourth-order valence-electron chi connectivity index (χ4n) is 1.79. The SMILES string of the molecule is C=CCCCCCN(C)C(=NCC(=O)NCC)NCC.I. The summed E-state index contributed by atoms with van der Waals surface area (Å²) in [6, 6.07) is 0. The summed E-state index contributed by atoms with van der Waals surface area (Å²) in [6.07, 6.45) is 6.53. The Hall–Kier alpha value is -0.790. The Labute approximate surface area is 146 Å². The van der Waals surface area contributed by atoms with E-state index < -0.39 is 0 Å². The number of aliphatic imine (C=N–C) groups is 1. The molecule has 0 aromatic rings. The largest absolute Gasteiger partial charge is 0.357 e. The van der Waals surface area contributed by atoms with Crippen molar-refractivity contribution in [3.8, 4) is 0 Å². The zero-order valence-corrected chi connectivity index (χ0v) is 16.0. The van der Waals surface area contributed by atoms with E-state index in [0.29, 0.717) is 6.54 Å². The number of likely N-dealkylation sites (N-methyl/N-ethyl adjacent to an activating group) is 1. The van der Waals surface area contributed by atoms with E-state index in [0.717, 1.165) is 31.9 Å². The van der Waals surface area contributed by atoms with Gasteiger partial charge in [-0.3, -0.25) is 4.79 Å². The van der Waals surface area contributed by atoms with Gasteiger partial charge in [-0.25, -0.2) is 4.99 Å². The number of amides is 1. The molecule has 6 heteroatoms. The summed E-state index contributed by atoms with van der Waals surface area (Å²) in [5, 5.41) is 5.96. The summed E-state index contributed by atoms with van der Waals surface area (Å²) in [6.45, 7) is 10.2. The maximum atomic E-state index is 11.4. The van der Waals surface area contributed by atoms with E-state index in [1.54, 1.807) is 0 Å². The standard InChI is InChI=1S/C15H30N4O.HI/c1-5-8-9-10-11-12-19(4)15(17-7-3)18-13-14(20)16-6-2;/h5H,1,6-13H2,2-4H3,(H,16,20)(H,17,18);1H. The van der Waals surface area contributed by atoms with Crippen LogP contribution in [0.4, 0.5) is 0 Å². The molecule has 0 rings (SSSR count). The van der Waals surface area contributed by atoms with Crippen molar-refractivity contribution in [1.29, 1.82) is 0 Å². The second-order valence-corrected chi connectivity index (χ2v) is 4.68. The van der Waals surface area contributed by atoms with Gasteiger partial charge in [0.25, 0.3) is 0 Å². The Morgan fingerprint density at radius 1 is 1.19 bits per heavy atom. The third-order valence-electron chi connectivity index (χ3n) is 2.84. The highest BCUT2D eigenvalue weighted by Crippen LogP contribution is 2.01. The number of hydrogen-bond donors (Lipinski definition) is 2. The fourth-order valence-corrected chi connectivity index (χ4v) is 1.79. The Morgan fingerprint density at radius 2 is 1.86 bits per heavy atom. The molecular formula is C15H31IN4O. The molecule has 0 atom stereocenters. The minimum atomic E-state index is -0.0395. The molecule has 124 valence electrons. The van der Waals surface area contributed by atoms with Crippen molar-refractivity contribution in [3.05, 3.63) is 12.7 Å². The van der Waals surface area contributed by atoms with E-state index in [-0.39, 0.29) is 36.4 Å². The van der Waals surface area contributed by atoms with Crippen molar-refractivity contribution in [2.24, 2.45) is 4.99 Å². The lowest BCUT2D eigenvalue weighted by molar-refractivity contribution is -0.119. The molecule has 0 aromatic heterocycles. The molecule has 0 heterocycles. The smallest absolute Gasteiger partial charge is 0.241 e. The fraction of sp³-hybridized carbons (Fsp3) is 0.733. The minimum absolute atomic E-state index is 0. The molecule has 0 fully saturated rings. The third-order valence-corrected chi connectivity index (χ3v) is 2.84. The molecule has 0 aliphatic carbocycles. The summed E-state index contributed by atoms with van der Waals surface area (Å²) >= 11 is 0. The van der Waals surface area contributed by atoms with Crippen LogP contribution in [0.15, 0.2) is 17.6 Å². The van der Waals surface area contributed by atoms with Gasteiger partial charge in [-0.05, 0) is 33.1 Å². The number of nitrogens with one attached hydrogen (secondary N) is 2. The number of hydrogen-bond acceptors (Lipinski definition) is 2. The van der Waals surface area contributed by atoms with E-state index in [1.807, 2.05) is 27.0 Å². The van der Waals surface area contributed by atoms with Gasteiger partial charge < -0.3 is 15.5 Å². The normalized spacial score (nSPS) is 10.5. The monoisotopic (exact) mass is 410 g/mol. The van der Waals surface area contributed by atoms with Crippen molar-refractivity contribution in [1.82, 2.24) is 15.5 Å². The van der Waals surface area contributed by atoms with E-state index in [1.165, 1.54) is 12.8 Å². The molecule has 2 N–H and O–H groups in total. The van der Waals surface area contributed by atoms with Gasteiger partial charge >= 0.3 is 0 Å². The van der Waals surface area contributed by atoms with E-state index in [4.69, 9.17) is 0 Å². The molecular weight excluding hydrogens is 379 g/mol. The first-order valence-electron chi connectivity index (χ1n) is 7.52. The van der Waals surface area contributed by atoms with Crippen molar-refractivity contribution in [2.45, 2.75) is 39.5 Å². The molecule has 1 amide bonds. The molecule has 21 heavy (non-hydrogen) atoms. The highest BCUT2D eigenvalue weighted by molar-refractivity contribution is 14.0. The third kappa shape index (κ3) is 12.6. The van der Waals surface area contributed by atoms with Crippen LogP contribution >= 0.6 is 24.0 Å². The average Bonchev–Trinajstić information content (AvgIpc) is 2.43. The average molecular weight is 410 g/mol. The Bertz CT molecular complexity index is 308. The molecule has 0 unspecified atom stereocenters. The van der Waals surface area contributed by atoms with Crippen LogP contribution in [0, 0.1) is 0 Å². The Kier molecular flexibility index (Phi) is 16.7. The summed E-state index contributed by atoms with van der Waals surface area (Å²) in [5.74, 6) is 0.754. The number of nitrogens with zero attached hydrogens (tertiary/aromatic N) is 2. The molecule has 5 nitrogen and oxygen atoms in total. The second kappa shape index (κ2) is 15.6. The number of halogens is 1. The van der Waals surface area contributed by atoms with Gasteiger partial charge in [0.15, 0.2) is 5.96 Å². The molecule has 0 aliphatic heterocycles. The molecule has 0 saturated heterocycles. The number of unbranched alkanes of at least 4 members (excludes halogenated alkanes) is 3. The molecule has 0 aliphatic rings. The Morgan fingerprint density at radius 3 is 2.43 bits per heavy atom. The summed E-state index contributed by atoms with van der Waals surface area (Å²) in [5.41, 5.74) is 0. The van der Waals surface area contributed by atoms with Crippen LogP contribution in [-0.4, -0.2) is 50.0 Å². The molecule has 0 spiro atoms. The van der Waals surface area contributed by atoms with Crippen LogP contribution in [0.25, 0.3) is 0 Å². The lowest BCUT2D eigenvalue weighted by Crippen LogP contribution is -2.40. The minimum Gasteiger partial charge on any atom is -0.357 e. The first-order valence-corrected chi connectivity index (χ1v) is 7.52. The van der Waals surface area contributed by atoms with E-state index in [2.05, 4.69) is 27.1 Å². The van der Waals surface area contributed by atoms with Gasteiger partial charge in [0.05, 0.1) is 0 Å². The molecule has 0 aromatic carbocycles. The van der Waals surface area contributed by atoms with E-state index in [9.17, 15) is 4.79 Å². The van der Waals surface area contributed by atoms with Gasteiger partial charge in [0, 0.05) is 26.7 Å². The predicted molar refractivity (Wildman–Crippen MR) is 101 cm³/mol. The summed E-state index contributed by atoms with van der Waals surface area (Å²) < 4.78 is 0. The van der Waals surface area contributed by atoms with Crippen LogP contribution < -0.4 is 10.6 Å². The maximum absolute atomic E-state index is 11.4. The van der Waals surface area contributed by atoms with Gasteiger partial charge in [0.1, 0.15) is 6.54 Å². The quantitative estimate of drug-likeness (QED) is 0.191. The predicted octanol–water partition coefficient (Wildman–Crippen LogP) is 2.38. The Balaban J connectivity index is 0. The lowest BCUT2D eigenvalue weighted by atomic mass is 10.2. The van der Waals surface area contributed by atoms with Crippen molar-refractivity contribution < 1.29 is 4.79 Å². The van der Waals surface area contributed by atoms with Crippen molar-refractivity contribution in [3.63, 3.8) is 0 Å². The van der Waals surface area contributed by atoms with Gasteiger partial charge in [0.2, 0.25) is 5.91 Å². The van der Waals surface area contributed by atoms with Gasteiger partial charge in [-0.15, -0.1) is 30.6 Å². The number of carbonyl (C=O) groups excluding carboxylic acids is 1. The number of rotatable bonds is 10. The topological polar surface area (TPSA) is 56.7 Å². The lowest BCUT2D eigenvalue weighted by Gasteiger charge is -2.21. The number of guanidine groups is 1. The summed E-state index contributed by atoms with van der Waals surface area (Å²) in [4.78, 5) is 17.9. The van der Waals surface area contributed by atoms with Crippen molar-refractivity contribution >= 4 is 35.8 Å². The van der Waals surface area contributed by atoms with Crippen LogP contribution in [0.2, 0.25) is 0 Å². The highest BCUT2D eigenvalue weighted by atomic mass is 127. The van der Waals surface area contributed by atoms with Crippen LogP contribution in [0.1, 0.15) is 39.5 Å². The van der Waals surface area contributed by atoms with Gasteiger partial charge in [-0.2, -0.15) is 0 Å². The van der Waals surface area contributed by atoms with Crippen LogP contribution in [0.5, 0.6) is 0 Å². The second-order valence-electron chi connectivity index (χ2n) is 4.68. The zero-order valence-electron chi connectivity index (χ0n) is 13.7. The molecule has 0 bridgehead atoms. The van der Waals surface area contributed by atoms with Crippen LogP contribution in [-0.2, 0) is 4.79 Å². The van der Waals surface area contributed by atoms with E-state index >= 15 is 0 Å². The first-order chi connectivity index (χ1) is 9.65. The first kappa shape index (κ1) is 22.5. The molecule has 0 radical (unpaired) electrons. The molecule has 0 saturated carbocycles. The van der Waals surface area contributed by atoms with Gasteiger partial charge in [-0.1, -0.05) is 12.5 Å². The number of carbonyl (C=O) groups is 1. The zero-order chi connectivity index (χ0) is 15.2. The van der Waals surface area contributed by atoms with Crippen LogP contribution in [0.3, 0.4) is 0 Å². The number of allylic oxidation sites excluding steroid dienone is 1. The summed E-state index contributed by atoms with van der Waals surface area (Å²) in [7, 11) is 2.01. The van der Waals surface area contributed by atoms with Crippen molar-refractivity contribution in [2.75, 3.05) is 33.2 Å².